The molecule has 2 aromatic rings. The molecule has 2 aromatic carbocycles. The summed E-state index contributed by atoms with van der Waals surface area (Å²) in [5.74, 6) is -1.22. The van der Waals surface area contributed by atoms with Gasteiger partial charge in [-0.1, -0.05) is 12.1 Å². The summed E-state index contributed by atoms with van der Waals surface area (Å²) in [6.07, 6.45) is 0. The monoisotopic (exact) mass is 258 g/mol. The summed E-state index contributed by atoms with van der Waals surface area (Å²) in [6, 6.07) is 10.9. The number of halogens is 2. The molecule has 1 N–H and O–H groups in total. The molecule has 0 saturated heterocycles. The van der Waals surface area contributed by atoms with Gasteiger partial charge in [-0.05, 0) is 36.2 Å². The number of rotatable bonds is 3. The molecule has 0 fully saturated rings. The molecule has 0 bridgehead atoms. The molecule has 0 amide bonds. The van der Waals surface area contributed by atoms with Crippen LogP contribution in [0.4, 0.5) is 14.5 Å². The Morgan fingerprint density at radius 2 is 1.84 bits per heavy atom. The van der Waals surface area contributed by atoms with Crippen LogP contribution >= 0.6 is 0 Å². The quantitative estimate of drug-likeness (QED) is 0.909. The number of hydrogen-bond acceptors (Lipinski definition) is 2. The highest BCUT2D eigenvalue weighted by Gasteiger charge is 2.05. The van der Waals surface area contributed by atoms with Gasteiger partial charge in [0.2, 0.25) is 0 Å². The standard InChI is InChI=1S/C15H12F2N2/c1-10-3-2-4-15(14(10)8-18)19-9-11-5-12(16)7-13(17)6-11/h2-7,19H,9H2,1H3. The fourth-order valence-electron chi connectivity index (χ4n) is 1.87. The maximum Gasteiger partial charge on any atom is 0.126 e. The van der Waals surface area contributed by atoms with Crippen LogP contribution in [0.25, 0.3) is 0 Å². The first-order valence-corrected chi connectivity index (χ1v) is 5.78. The summed E-state index contributed by atoms with van der Waals surface area (Å²) in [5.41, 5.74) is 2.55. The first kappa shape index (κ1) is 13.0. The minimum Gasteiger partial charge on any atom is -0.380 e. The normalized spacial score (nSPS) is 10.0. The Labute approximate surface area is 110 Å². The highest BCUT2D eigenvalue weighted by molar-refractivity contribution is 5.60. The lowest BCUT2D eigenvalue weighted by Gasteiger charge is -2.10. The van der Waals surface area contributed by atoms with Crippen molar-refractivity contribution in [1.82, 2.24) is 0 Å². The van der Waals surface area contributed by atoms with E-state index in [0.717, 1.165) is 11.6 Å². The zero-order valence-electron chi connectivity index (χ0n) is 10.4. The van der Waals surface area contributed by atoms with Crippen LogP contribution in [0.3, 0.4) is 0 Å². The van der Waals surface area contributed by atoms with Crippen LogP contribution in [0.2, 0.25) is 0 Å². The molecule has 96 valence electrons. The molecule has 2 rings (SSSR count). The number of nitrogens with one attached hydrogen (secondary N) is 1. The van der Waals surface area contributed by atoms with E-state index >= 15 is 0 Å². The largest absolute Gasteiger partial charge is 0.380 e. The second kappa shape index (κ2) is 5.49. The Bertz CT molecular complexity index is 625. The van der Waals surface area contributed by atoms with Gasteiger partial charge in [-0.25, -0.2) is 8.78 Å². The molecule has 0 aliphatic heterocycles. The molecule has 0 aliphatic rings. The zero-order valence-corrected chi connectivity index (χ0v) is 10.4. The van der Waals surface area contributed by atoms with Crippen LogP contribution in [0.5, 0.6) is 0 Å². The van der Waals surface area contributed by atoms with Crippen molar-refractivity contribution in [2.75, 3.05) is 5.32 Å². The molecule has 0 radical (unpaired) electrons. The second-order valence-electron chi connectivity index (χ2n) is 4.24. The van der Waals surface area contributed by atoms with Gasteiger partial charge in [0.25, 0.3) is 0 Å². The molecule has 0 saturated carbocycles. The van der Waals surface area contributed by atoms with Crippen molar-refractivity contribution in [3.05, 3.63) is 64.7 Å². The molecule has 2 nitrogen and oxygen atoms in total. The van der Waals surface area contributed by atoms with Crippen molar-refractivity contribution >= 4 is 5.69 Å². The molecule has 0 aliphatic carbocycles. The minimum atomic E-state index is -0.610. The Hall–Kier alpha value is -2.41. The van der Waals surface area contributed by atoms with E-state index in [4.69, 9.17) is 5.26 Å². The van der Waals surface area contributed by atoms with Gasteiger partial charge in [-0.15, -0.1) is 0 Å². The van der Waals surface area contributed by atoms with E-state index in [1.54, 1.807) is 6.07 Å². The van der Waals surface area contributed by atoms with E-state index in [1.807, 2.05) is 19.1 Å². The molecule has 0 atom stereocenters. The summed E-state index contributed by atoms with van der Waals surface area (Å²) in [7, 11) is 0. The summed E-state index contributed by atoms with van der Waals surface area (Å²) in [6.45, 7) is 2.10. The smallest absolute Gasteiger partial charge is 0.126 e. The summed E-state index contributed by atoms with van der Waals surface area (Å²) < 4.78 is 26.1. The first-order valence-electron chi connectivity index (χ1n) is 5.78. The third-order valence-corrected chi connectivity index (χ3v) is 2.79. The van der Waals surface area contributed by atoms with Gasteiger partial charge in [-0.3, -0.25) is 0 Å². The van der Waals surface area contributed by atoms with Crippen molar-refractivity contribution < 1.29 is 8.78 Å². The van der Waals surface area contributed by atoms with Crippen LogP contribution in [-0.4, -0.2) is 0 Å². The SMILES string of the molecule is Cc1cccc(NCc2cc(F)cc(F)c2)c1C#N. The van der Waals surface area contributed by atoms with Gasteiger partial charge in [0.1, 0.15) is 17.7 Å². The number of hydrogen-bond donors (Lipinski definition) is 1. The average molecular weight is 258 g/mol. The summed E-state index contributed by atoms with van der Waals surface area (Å²) >= 11 is 0. The lowest BCUT2D eigenvalue weighted by Crippen LogP contribution is -2.03. The maximum atomic E-state index is 13.0. The van der Waals surface area contributed by atoms with Crippen molar-refractivity contribution in [3.63, 3.8) is 0 Å². The third kappa shape index (κ3) is 3.08. The van der Waals surface area contributed by atoms with Crippen LogP contribution in [0, 0.1) is 29.9 Å². The molecule has 4 heteroatoms. The molecule has 0 heterocycles. The maximum absolute atomic E-state index is 13.0. The minimum absolute atomic E-state index is 0.257. The molecule has 0 unspecified atom stereocenters. The Kier molecular flexibility index (Phi) is 3.76. The third-order valence-electron chi connectivity index (χ3n) is 2.79. The van der Waals surface area contributed by atoms with Crippen LogP contribution in [-0.2, 0) is 6.54 Å². The second-order valence-corrected chi connectivity index (χ2v) is 4.24. The summed E-state index contributed by atoms with van der Waals surface area (Å²) in [5, 5.41) is 12.1. The van der Waals surface area contributed by atoms with Gasteiger partial charge in [0.05, 0.1) is 11.3 Å². The van der Waals surface area contributed by atoms with Gasteiger partial charge < -0.3 is 5.32 Å². The number of nitriles is 1. The lowest BCUT2D eigenvalue weighted by atomic mass is 10.1. The van der Waals surface area contributed by atoms with E-state index in [9.17, 15) is 8.78 Å². The highest BCUT2D eigenvalue weighted by Crippen LogP contribution is 2.19. The Balaban J connectivity index is 2.19. The Morgan fingerprint density at radius 3 is 2.47 bits per heavy atom. The average Bonchev–Trinajstić information content (AvgIpc) is 2.35. The Morgan fingerprint density at radius 1 is 1.16 bits per heavy atom. The van der Waals surface area contributed by atoms with E-state index in [-0.39, 0.29) is 6.54 Å². The van der Waals surface area contributed by atoms with Crippen molar-refractivity contribution in [2.45, 2.75) is 13.5 Å². The van der Waals surface area contributed by atoms with E-state index in [1.165, 1.54) is 12.1 Å². The first-order chi connectivity index (χ1) is 9.10. The topological polar surface area (TPSA) is 35.8 Å². The van der Waals surface area contributed by atoms with Crippen molar-refractivity contribution in [3.8, 4) is 6.07 Å². The van der Waals surface area contributed by atoms with Crippen LogP contribution < -0.4 is 5.32 Å². The highest BCUT2D eigenvalue weighted by atomic mass is 19.1. The number of aryl methyl sites for hydroxylation is 1. The molecular formula is C15H12F2N2. The predicted molar refractivity (Wildman–Crippen MR) is 69.6 cm³/mol. The van der Waals surface area contributed by atoms with Gasteiger partial charge in [0.15, 0.2) is 0 Å². The van der Waals surface area contributed by atoms with Crippen molar-refractivity contribution in [1.29, 1.82) is 5.26 Å². The number of anilines is 1. The fraction of sp³-hybridized carbons (Fsp3) is 0.133. The van der Waals surface area contributed by atoms with Gasteiger partial charge in [-0.2, -0.15) is 5.26 Å². The van der Waals surface area contributed by atoms with Crippen molar-refractivity contribution in [2.24, 2.45) is 0 Å². The number of nitrogens with zero attached hydrogens (tertiary/aromatic N) is 1. The van der Waals surface area contributed by atoms with Crippen LogP contribution in [0.15, 0.2) is 36.4 Å². The molecule has 0 spiro atoms. The summed E-state index contributed by atoms with van der Waals surface area (Å²) in [4.78, 5) is 0. The number of benzene rings is 2. The predicted octanol–water partition coefficient (Wildman–Crippen LogP) is 3.76. The molecular weight excluding hydrogens is 246 g/mol. The van der Waals surface area contributed by atoms with E-state index in [0.29, 0.717) is 16.8 Å². The fourth-order valence-corrected chi connectivity index (χ4v) is 1.87. The van der Waals surface area contributed by atoms with Gasteiger partial charge in [0, 0.05) is 12.6 Å². The van der Waals surface area contributed by atoms with E-state index < -0.39 is 11.6 Å². The molecule has 0 aromatic heterocycles. The van der Waals surface area contributed by atoms with E-state index in [2.05, 4.69) is 11.4 Å². The van der Waals surface area contributed by atoms with Gasteiger partial charge >= 0.3 is 0 Å². The zero-order chi connectivity index (χ0) is 13.8. The van der Waals surface area contributed by atoms with Crippen LogP contribution in [0.1, 0.15) is 16.7 Å². The molecule has 19 heavy (non-hydrogen) atoms. The lowest BCUT2D eigenvalue weighted by molar-refractivity contribution is 0.580.